The van der Waals surface area contributed by atoms with E-state index < -0.39 is 0 Å². The molecule has 0 bridgehead atoms. The van der Waals surface area contributed by atoms with E-state index >= 15 is 0 Å². The van der Waals surface area contributed by atoms with Gasteiger partial charge in [-0.1, -0.05) is 15.9 Å². The van der Waals surface area contributed by atoms with Gasteiger partial charge >= 0.3 is 0 Å². The minimum absolute atomic E-state index is 0.636. The molecule has 6 heteroatoms. The molecule has 2 aromatic rings. The van der Waals surface area contributed by atoms with Gasteiger partial charge < -0.3 is 4.90 Å². The molecule has 1 fully saturated rings. The lowest BCUT2D eigenvalue weighted by molar-refractivity contribution is 0.387. The molecule has 0 N–H and O–H groups in total. The summed E-state index contributed by atoms with van der Waals surface area (Å²) < 4.78 is 1.84. The van der Waals surface area contributed by atoms with Crippen LogP contribution in [0, 0.1) is 6.92 Å². The van der Waals surface area contributed by atoms with E-state index in [9.17, 15) is 0 Å². The van der Waals surface area contributed by atoms with E-state index in [1.54, 1.807) is 6.33 Å². The minimum Gasteiger partial charge on any atom is -0.353 e. The Morgan fingerprint density at radius 3 is 3.00 bits per heavy atom. The number of nitrogens with zero attached hydrogens (tertiary/aromatic N) is 5. The van der Waals surface area contributed by atoms with Crippen LogP contribution in [0.1, 0.15) is 25.0 Å². The molecule has 5 nitrogen and oxygen atoms in total. The van der Waals surface area contributed by atoms with Gasteiger partial charge in [0.25, 0.3) is 5.78 Å². The zero-order chi connectivity index (χ0) is 12.5. The Kier molecular flexibility index (Phi) is 3.20. The second kappa shape index (κ2) is 4.84. The zero-order valence-electron chi connectivity index (χ0n) is 10.4. The average Bonchev–Trinajstić information content (AvgIpc) is 2.72. The van der Waals surface area contributed by atoms with Gasteiger partial charge in [0.05, 0.1) is 0 Å². The first-order valence-corrected chi connectivity index (χ1v) is 7.42. The first-order valence-electron chi connectivity index (χ1n) is 6.29. The molecule has 1 aliphatic rings. The van der Waals surface area contributed by atoms with E-state index in [-0.39, 0.29) is 0 Å². The predicted octanol–water partition coefficient (Wildman–Crippen LogP) is 2.19. The second-order valence-electron chi connectivity index (χ2n) is 4.69. The van der Waals surface area contributed by atoms with E-state index in [0.29, 0.717) is 11.8 Å². The number of halogens is 1. The lowest BCUT2D eigenvalue weighted by atomic mass is 9.91. The second-order valence-corrected chi connectivity index (χ2v) is 5.49. The van der Waals surface area contributed by atoms with Crippen molar-refractivity contribution in [3.8, 4) is 0 Å². The number of rotatable bonds is 4. The standard InChI is InChI=1S/C12H16BrN5/c1-9-7-11(18-12(16-9)14-8-15-18)17(6-5-13)10-3-2-4-10/h7-8,10H,2-6H2,1H3. The van der Waals surface area contributed by atoms with Crippen LogP contribution in [0.4, 0.5) is 5.82 Å². The van der Waals surface area contributed by atoms with Crippen molar-refractivity contribution in [2.45, 2.75) is 32.2 Å². The van der Waals surface area contributed by atoms with E-state index in [4.69, 9.17) is 0 Å². The maximum Gasteiger partial charge on any atom is 0.254 e. The van der Waals surface area contributed by atoms with E-state index in [0.717, 1.165) is 23.4 Å². The Balaban J connectivity index is 2.06. The molecule has 0 aromatic carbocycles. The van der Waals surface area contributed by atoms with Crippen LogP contribution in [-0.4, -0.2) is 37.5 Å². The van der Waals surface area contributed by atoms with Gasteiger partial charge in [0.1, 0.15) is 12.1 Å². The maximum atomic E-state index is 4.39. The van der Waals surface area contributed by atoms with Crippen molar-refractivity contribution < 1.29 is 0 Å². The number of aromatic nitrogens is 4. The molecule has 0 atom stereocenters. The van der Waals surface area contributed by atoms with Gasteiger partial charge in [-0.25, -0.2) is 4.98 Å². The van der Waals surface area contributed by atoms with Crippen molar-refractivity contribution in [2.75, 3.05) is 16.8 Å². The van der Waals surface area contributed by atoms with Gasteiger partial charge in [-0.05, 0) is 26.2 Å². The average molecular weight is 310 g/mol. The molecule has 0 amide bonds. The number of hydrogen-bond acceptors (Lipinski definition) is 4. The molecular weight excluding hydrogens is 294 g/mol. The van der Waals surface area contributed by atoms with Gasteiger partial charge in [0.2, 0.25) is 0 Å². The quantitative estimate of drug-likeness (QED) is 0.812. The largest absolute Gasteiger partial charge is 0.353 e. The van der Waals surface area contributed by atoms with Crippen LogP contribution in [-0.2, 0) is 0 Å². The van der Waals surface area contributed by atoms with E-state index in [1.165, 1.54) is 19.3 Å². The van der Waals surface area contributed by atoms with Crippen LogP contribution >= 0.6 is 15.9 Å². The maximum absolute atomic E-state index is 4.39. The van der Waals surface area contributed by atoms with Crippen molar-refractivity contribution >= 4 is 27.5 Å². The van der Waals surface area contributed by atoms with Crippen LogP contribution in [0.15, 0.2) is 12.4 Å². The molecule has 0 saturated heterocycles. The Labute approximate surface area is 114 Å². The molecule has 0 unspecified atom stereocenters. The number of alkyl halides is 1. The number of fused-ring (bicyclic) bond motifs is 1. The fourth-order valence-electron chi connectivity index (χ4n) is 2.39. The van der Waals surface area contributed by atoms with E-state index in [2.05, 4.69) is 42.0 Å². The highest BCUT2D eigenvalue weighted by atomic mass is 79.9. The Morgan fingerprint density at radius 2 is 2.33 bits per heavy atom. The summed E-state index contributed by atoms with van der Waals surface area (Å²) in [6, 6.07) is 2.74. The van der Waals surface area contributed by atoms with Crippen LogP contribution < -0.4 is 4.90 Å². The molecule has 1 aliphatic carbocycles. The van der Waals surface area contributed by atoms with Gasteiger partial charge in [-0.15, -0.1) is 0 Å². The van der Waals surface area contributed by atoms with Gasteiger partial charge in [-0.3, -0.25) is 0 Å². The van der Waals surface area contributed by atoms with Crippen molar-refractivity contribution in [1.29, 1.82) is 0 Å². The predicted molar refractivity (Wildman–Crippen MR) is 74.3 cm³/mol. The fourth-order valence-corrected chi connectivity index (χ4v) is 2.77. The van der Waals surface area contributed by atoms with E-state index in [1.807, 2.05) is 11.4 Å². The van der Waals surface area contributed by atoms with Crippen LogP contribution in [0.25, 0.3) is 5.78 Å². The summed E-state index contributed by atoms with van der Waals surface area (Å²) in [5, 5.41) is 5.25. The molecular formula is C12H16BrN5. The molecule has 2 heterocycles. The lowest BCUT2D eigenvalue weighted by Crippen LogP contribution is -2.42. The van der Waals surface area contributed by atoms with Crippen LogP contribution in [0.3, 0.4) is 0 Å². The molecule has 2 aromatic heterocycles. The van der Waals surface area contributed by atoms with Gasteiger partial charge in [0, 0.05) is 29.7 Å². The summed E-state index contributed by atoms with van der Waals surface area (Å²) in [5.41, 5.74) is 0.990. The Bertz CT molecular complexity index is 548. The molecule has 3 rings (SSSR count). The molecule has 96 valence electrons. The van der Waals surface area contributed by atoms with Crippen LogP contribution in [0.2, 0.25) is 0 Å². The van der Waals surface area contributed by atoms with Crippen molar-refractivity contribution in [3.63, 3.8) is 0 Å². The van der Waals surface area contributed by atoms with Crippen LogP contribution in [0.5, 0.6) is 0 Å². The Morgan fingerprint density at radius 1 is 1.50 bits per heavy atom. The van der Waals surface area contributed by atoms with Crippen molar-refractivity contribution in [3.05, 3.63) is 18.1 Å². The summed E-state index contributed by atoms with van der Waals surface area (Å²) in [6.45, 7) is 2.99. The molecule has 1 saturated carbocycles. The SMILES string of the molecule is Cc1cc(N(CCBr)C2CCC2)n2ncnc2n1. The highest BCUT2D eigenvalue weighted by Gasteiger charge is 2.26. The topological polar surface area (TPSA) is 46.3 Å². The summed E-state index contributed by atoms with van der Waals surface area (Å²) in [6.07, 6.45) is 5.43. The van der Waals surface area contributed by atoms with Crippen molar-refractivity contribution in [1.82, 2.24) is 19.6 Å². The van der Waals surface area contributed by atoms with Gasteiger partial charge in [-0.2, -0.15) is 14.6 Å². The number of aryl methyl sites for hydroxylation is 1. The molecule has 18 heavy (non-hydrogen) atoms. The first-order chi connectivity index (χ1) is 8.79. The monoisotopic (exact) mass is 309 g/mol. The first kappa shape index (κ1) is 11.9. The van der Waals surface area contributed by atoms with Crippen molar-refractivity contribution in [2.24, 2.45) is 0 Å². The summed E-state index contributed by atoms with van der Waals surface area (Å²) >= 11 is 3.54. The third-order valence-corrected chi connectivity index (χ3v) is 3.85. The molecule has 0 radical (unpaired) electrons. The third kappa shape index (κ3) is 1.98. The normalized spacial score (nSPS) is 15.9. The highest BCUT2D eigenvalue weighted by Crippen LogP contribution is 2.29. The molecule has 0 spiro atoms. The lowest BCUT2D eigenvalue weighted by Gasteiger charge is -2.38. The minimum atomic E-state index is 0.636. The number of hydrogen-bond donors (Lipinski definition) is 0. The summed E-state index contributed by atoms with van der Waals surface area (Å²) in [7, 11) is 0. The number of anilines is 1. The third-order valence-electron chi connectivity index (χ3n) is 3.50. The summed E-state index contributed by atoms with van der Waals surface area (Å²) in [4.78, 5) is 11.0. The smallest absolute Gasteiger partial charge is 0.254 e. The fraction of sp³-hybridized carbons (Fsp3) is 0.583. The zero-order valence-corrected chi connectivity index (χ0v) is 12.0. The molecule has 0 aliphatic heterocycles. The summed E-state index contributed by atoms with van der Waals surface area (Å²) in [5.74, 6) is 1.79. The highest BCUT2D eigenvalue weighted by molar-refractivity contribution is 9.09. The van der Waals surface area contributed by atoms with Gasteiger partial charge in [0.15, 0.2) is 0 Å². The Hall–Kier alpha value is -1.17.